The monoisotopic (exact) mass is 624 g/mol. The molecular formula is C33H25ClN4O5S. The number of thioether (sulfide) groups is 1. The predicted molar refractivity (Wildman–Crippen MR) is 173 cm³/mol. The Bertz CT molecular complexity index is 1910. The minimum absolute atomic E-state index is 0.00105. The Kier molecular flexibility index (Phi) is 9.43. The molecule has 5 N–H and O–H groups in total. The van der Waals surface area contributed by atoms with E-state index in [4.69, 9.17) is 11.6 Å². The minimum atomic E-state index is -1.13. The first-order valence-corrected chi connectivity index (χ1v) is 14.6. The molecule has 5 rings (SSSR count). The lowest BCUT2D eigenvalue weighted by Crippen LogP contribution is -2.30. The highest BCUT2D eigenvalue weighted by Gasteiger charge is 2.17. The number of aromatic carboxylic acids is 1. The molecule has 4 aromatic carbocycles. The number of rotatable bonds is 10. The number of carbonyl (C=O) groups is 4. The number of H-pyrrole nitrogens is 1. The number of anilines is 2. The number of carbonyl (C=O) groups excluding carboxylic acids is 3. The Morgan fingerprint density at radius 3 is 2.41 bits per heavy atom. The van der Waals surface area contributed by atoms with Gasteiger partial charge in [-0.05, 0) is 60.7 Å². The number of carboxylic acid groups (broad SMARTS) is 1. The second kappa shape index (κ2) is 13.8. The number of aromatic amines is 1. The fourth-order valence-corrected chi connectivity index (χ4v) is 5.18. The Morgan fingerprint density at radius 1 is 0.841 bits per heavy atom. The molecule has 9 nitrogen and oxygen atoms in total. The third kappa shape index (κ3) is 7.54. The number of benzene rings is 4. The number of aromatic nitrogens is 1. The maximum Gasteiger partial charge on any atom is 0.335 e. The molecule has 0 aliphatic heterocycles. The van der Waals surface area contributed by atoms with Gasteiger partial charge in [0.2, 0.25) is 5.91 Å². The van der Waals surface area contributed by atoms with Crippen LogP contribution in [0.5, 0.6) is 0 Å². The molecule has 44 heavy (non-hydrogen) atoms. The standard InChI is InChI=1S/C33H25ClN4O5S/c34-26-14-13-21(33(42)43)15-28(26)37-30(39)19-44-24-10-6-9-23(17-24)36-32(41)29(38-31(40)20-7-2-1-3-8-20)16-22-18-35-27-12-5-4-11-25(22)27/h1-18,35H,19H2,(H,36,41)(H,37,39)(H,38,40)(H,42,43)/b29-16-. The molecule has 0 aliphatic rings. The van der Waals surface area contributed by atoms with E-state index in [0.717, 1.165) is 16.5 Å². The normalized spacial score (nSPS) is 11.2. The zero-order chi connectivity index (χ0) is 31.1. The summed E-state index contributed by atoms with van der Waals surface area (Å²) in [7, 11) is 0. The molecule has 0 aliphatic carbocycles. The number of hydrogen-bond acceptors (Lipinski definition) is 5. The first-order chi connectivity index (χ1) is 21.3. The SMILES string of the molecule is O=C(CSc1cccc(NC(=O)/C(=C/c2c[nH]c3ccccc23)NC(=O)c2ccccc2)c1)Nc1cc(C(=O)O)ccc1Cl. The number of nitrogens with one attached hydrogen (secondary N) is 4. The summed E-state index contributed by atoms with van der Waals surface area (Å²) in [5, 5.41) is 18.5. The van der Waals surface area contributed by atoms with Gasteiger partial charge in [-0.3, -0.25) is 14.4 Å². The molecule has 0 fully saturated rings. The second-order valence-electron chi connectivity index (χ2n) is 9.49. The van der Waals surface area contributed by atoms with Crippen LogP contribution in [-0.4, -0.2) is 39.5 Å². The van der Waals surface area contributed by atoms with Crippen molar-refractivity contribution in [3.05, 3.63) is 131 Å². The van der Waals surface area contributed by atoms with Crippen LogP contribution >= 0.6 is 23.4 Å². The van der Waals surface area contributed by atoms with E-state index in [1.54, 1.807) is 66.9 Å². The average Bonchev–Trinajstić information content (AvgIpc) is 3.44. The summed E-state index contributed by atoms with van der Waals surface area (Å²) in [5.41, 5.74) is 2.71. The van der Waals surface area contributed by atoms with Crippen LogP contribution in [0.15, 0.2) is 114 Å². The molecule has 1 heterocycles. The van der Waals surface area contributed by atoms with E-state index in [1.807, 2.05) is 24.3 Å². The Balaban J connectivity index is 1.30. The summed E-state index contributed by atoms with van der Waals surface area (Å²) in [6, 6.07) is 27.2. The van der Waals surface area contributed by atoms with Crippen molar-refractivity contribution < 1.29 is 24.3 Å². The van der Waals surface area contributed by atoms with Crippen molar-refractivity contribution in [2.24, 2.45) is 0 Å². The zero-order valence-electron chi connectivity index (χ0n) is 23.0. The summed E-state index contributed by atoms with van der Waals surface area (Å²) in [6.07, 6.45) is 3.38. The quantitative estimate of drug-likeness (QED) is 0.0869. The van der Waals surface area contributed by atoms with Crippen LogP contribution in [0.3, 0.4) is 0 Å². The highest BCUT2D eigenvalue weighted by Crippen LogP contribution is 2.26. The first-order valence-electron chi connectivity index (χ1n) is 13.3. The highest BCUT2D eigenvalue weighted by atomic mass is 35.5. The van der Waals surface area contributed by atoms with Crippen LogP contribution < -0.4 is 16.0 Å². The number of halogens is 1. The van der Waals surface area contributed by atoms with Gasteiger partial charge in [-0.2, -0.15) is 0 Å². The molecule has 0 saturated heterocycles. The van der Waals surface area contributed by atoms with Gasteiger partial charge in [-0.15, -0.1) is 11.8 Å². The highest BCUT2D eigenvalue weighted by molar-refractivity contribution is 8.00. The van der Waals surface area contributed by atoms with Crippen LogP contribution in [0.4, 0.5) is 11.4 Å². The third-order valence-corrected chi connectivity index (χ3v) is 7.72. The van der Waals surface area contributed by atoms with Gasteiger partial charge in [0.25, 0.3) is 11.8 Å². The van der Waals surface area contributed by atoms with E-state index in [-0.39, 0.29) is 33.6 Å². The van der Waals surface area contributed by atoms with Gasteiger partial charge in [0.1, 0.15) is 5.70 Å². The average molecular weight is 625 g/mol. The molecule has 1 aromatic heterocycles. The number of amides is 3. The summed E-state index contributed by atoms with van der Waals surface area (Å²) < 4.78 is 0. The van der Waals surface area contributed by atoms with Crippen molar-refractivity contribution in [2.45, 2.75) is 4.90 Å². The molecule has 11 heteroatoms. The molecule has 3 amide bonds. The molecule has 0 bridgehead atoms. The van der Waals surface area contributed by atoms with Gasteiger partial charge in [-0.25, -0.2) is 4.79 Å². The van der Waals surface area contributed by atoms with E-state index >= 15 is 0 Å². The summed E-state index contributed by atoms with van der Waals surface area (Å²) in [5.74, 6) is -2.49. The van der Waals surface area contributed by atoms with Crippen LogP contribution in [0.2, 0.25) is 5.02 Å². The van der Waals surface area contributed by atoms with E-state index in [2.05, 4.69) is 20.9 Å². The van der Waals surface area contributed by atoms with Crippen molar-refractivity contribution in [3.63, 3.8) is 0 Å². The fraction of sp³-hybridized carbons (Fsp3) is 0.0303. The van der Waals surface area contributed by atoms with Crippen molar-refractivity contribution >= 4 is 75.4 Å². The van der Waals surface area contributed by atoms with Crippen molar-refractivity contribution in [1.82, 2.24) is 10.3 Å². The van der Waals surface area contributed by atoms with Gasteiger partial charge in [-0.1, -0.05) is 54.1 Å². The molecule has 0 spiro atoms. The van der Waals surface area contributed by atoms with Crippen molar-refractivity contribution in [2.75, 3.05) is 16.4 Å². The van der Waals surface area contributed by atoms with Crippen molar-refractivity contribution in [3.8, 4) is 0 Å². The predicted octanol–water partition coefficient (Wildman–Crippen LogP) is 6.66. The lowest BCUT2D eigenvalue weighted by molar-refractivity contribution is -0.114. The smallest absolute Gasteiger partial charge is 0.335 e. The lowest BCUT2D eigenvalue weighted by atomic mass is 10.1. The summed E-state index contributed by atoms with van der Waals surface area (Å²) >= 11 is 7.32. The fourth-order valence-electron chi connectivity index (χ4n) is 4.26. The van der Waals surface area contributed by atoms with Gasteiger partial charge < -0.3 is 26.0 Å². The molecule has 0 saturated carbocycles. The van der Waals surface area contributed by atoms with Gasteiger partial charge in [0.05, 0.1) is 22.0 Å². The maximum absolute atomic E-state index is 13.5. The van der Waals surface area contributed by atoms with E-state index < -0.39 is 17.8 Å². The molecular weight excluding hydrogens is 600 g/mol. The van der Waals surface area contributed by atoms with Gasteiger partial charge in [0.15, 0.2) is 0 Å². The van der Waals surface area contributed by atoms with Gasteiger partial charge >= 0.3 is 5.97 Å². The van der Waals surface area contributed by atoms with Gasteiger partial charge in [0, 0.05) is 38.8 Å². The van der Waals surface area contributed by atoms with Crippen LogP contribution in [0, 0.1) is 0 Å². The Morgan fingerprint density at radius 2 is 1.61 bits per heavy atom. The number of fused-ring (bicyclic) bond motifs is 1. The Hall–Kier alpha value is -5.32. The minimum Gasteiger partial charge on any atom is -0.478 e. The number of hydrogen-bond donors (Lipinski definition) is 5. The largest absolute Gasteiger partial charge is 0.478 e. The number of carboxylic acids is 1. The third-order valence-electron chi connectivity index (χ3n) is 6.40. The van der Waals surface area contributed by atoms with Crippen LogP contribution in [-0.2, 0) is 9.59 Å². The molecule has 5 aromatic rings. The van der Waals surface area contributed by atoms with Crippen LogP contribution in [0.1, 0.15) is 26.3 Å². The molecule has 220 valence electrons. The second-order valence-corrected chi connectivity index (χ2v) is 10.9. The van der Waals surface area contributed by atoms with E-state index in [9.17, 15) is 24.3 Å². The first kappa shape index (κ1) is 30.1. The maximum atomic E-state index is 13.5. The van der Waals surface area contributed by atoms with Crippen LogP contribution in [0.25, 0.3) is 17.0 Å². The van der Waals surface area contributed by atoms with E-state index in [0.29, 0.717) is 16.1 Å². The topological polar surface area (TPSA) is 140 Å². The van der Waals surface area contributed by atoms with Crippen molar-refractivity contribution in [1.29, 1.82) is 0 Å². The molecule has 0 unspecified atom stereocenters. The zero-order valence-corrected chi connectivity index (χ0v) is 24.5. The molecule has 0 atom stereocenters. The lowest BCUT2D eigenvalue weighted by Gasteiger charge is -2.12. The van der Waals surface area contributed by atoms with E-state index in [1.165, 1.54) is 30.0 Å². The summed E-state index contributed by atoms with van der Waals surface area (Å²) in [4.78, 5) is 54.2. The molecule has 0 radical (unpaired) electrons. The summed E-state index contributed by atoms with van der Waals surface area (Å²) in [6.45, 7) is 0. The Labute approximate surface area is 261 Å². The number of para-hydroxylation sites is 1.